The standard InChI is InChI=1S/C19H22BrN3OS2.ClH/c1-12-6-7-14-17(13(12)2)21-19(26-14)23(11-5-10-22(3)4)18(24)15-8-9-16(20)25-15;/h6-9H,5,10-11H2,1-4H3;1H. The summed E-state index contributed by atoms with van der Waals surface area (Å²) in [6, 6.07) is 8.01. The Morgan fingerprint density at radius 2 is 1.85 bits per heavy atom. The number of hydrogen-bond donors (Lipinski definition) is 0. The predicted octanol–water partition coefficient (Wildman–Crippen LogP) is 5.76. The van der Waals surface area contributed by atoms with E-state index in [0.29, 0.717) is 6.54 Å². The SMILES string of the molecule is Cc1ccc2sc(N(CCCN(C)C)C(=O)c3ccc(Br)s3)nc2c1C.Cl. The summed E-state index contributed by atoms with van der Waals surface area (Å²) in [7, 11) is 4.10. The second kappa shape index (κ2) is 9.47. The van der Waals surface area contributed by atoms with Gasteiger partial charge < -0.3 is 4.90 Å². The summed E-state index contributed by atoms with van der Waals surface area (Å²) >= 11 is 6.50. The normalized spacial score (nSPS) is 11.0. The van der Waals surface area contributed by atoms with Crippen LogP contribution in [0.4, 0.5) is 5.13 Å². The molecule has 0 aliphatic carbocycles. The van der Waals surface area contributed by atoms with E-state index in [1.165, 1.54) is 22.5 Å². The van der Waals surface area contributed by atoms with Crippen molar-refractivity contribution >= 4 is 72.3 Å². The summed E-state index contributed by atoms with van der Waals surface area (Å²) < 4.78 is 2.09. The maximum Gasteiger partial charge on any atom is 0.270 e. The number of aromatic nitrogens is 1. The Morgan fingerprint density at radius 1 is 1.11 bits per heavy atom. The molecule has 0 atom stereocenters. The van der Waals surface area contributed by atoms with Crippen molar-refractivity contribution in [1.29, 1.82) is 0 Å². The number of aryl methyl sites for hydroxylation is 2. The summed E-state index contributed by atoms with van der Waals surface area (Å²) in [6.45, 7) is 5.78. The van der Waals surface area contributed by atoms with Crippen LogP contribution in [-0.2, 0) is 0 Å². The molecule has 1 aromatic carbocycles. The first-order valence-corrected chi connectivity index (χ1v) is 10.9. The van der Waals surface area contributed by atoms with Crippen LogP contribution in [0.3, 0.4) is 0 Å². The van der Waals surface area contributed by atoms with Gasteiger partial charge in [-0.1, -0.05) is 17.4 Å². The van der Waals surface area contributed by atoms with Crippen LogP contribution < -0.4 is 4.90 Å². The molecule has 0 unspecified atom stereocenters. The molecule has 0 fully saturated rings. The molecule has 0 radical (unpaired) electrons. The molecule has 4 nitrogen and oxygen atoms in total. The number of fused-ring (bicyclic) bond motifs is 1. The first kappa shape index (κ1) is 22.3. The molecule has 0 spiro atoms. The second-order valence-electron chi connectivity index (χ2n) is 6.57. The number of rotatable bonds is 6. The van der Waals surface area contributed by atoms with E-state index in [0.717, 1.165) is 37.0 Å². The fourth-order valence-electron chi connectivity index (χ4n) is 2.72. The molecular weight excluding hydrogens is 466 g/mol. The lowest BCUT2D eigenvalue weighted by molar-refractivity contribution is 0.0990. The fourth-order valence-corrected chi connectivity index (χ4v) is 5.11. The highest BCUT2D eigenvalue weighted by Gasteiger charge is 2.23. The van der Waals surface area contributed by atoms with Crippen molar-refractivity contribution in [2.45, 2.75) is 20.3 Å². The quantitative estimate of drug-likeness (QED) is 0.443. The van der Waals surface area contributed by atoms with Crippen molar-refractivity contribution < 1.29 is 4.79 Å². The first-order chi connectivity index (χ1) is 12.4. The molecule has 2 heterocycles. The molecule has 2 aromatic heterocycles. The second-order valence-corrected chi connectivity index (χ2v) is 10.0. The van der Waals surface area contributed by atoms with E-state index in [1.807, 2.05) is 31.1 Å². The number of halogens is 2. The van der Waals surface area contributed by atoms with Crippen LogP contribution in [0.2, 0.25) is 0 Å². The molecular formula is C19H23BrClN3OS2. The van der Waals surface area contributed by atoms with E-state index in [1.54, 1.807) is 11.3 Å². The van der Waals surface area contributed by atoms with E-state index < -0.39 is 0 Å². The van der Waals surface area contributed by atoms with Gasteiger partial charge in [-0.3, -0.25) is 9.69 Å². The number of thiazole rings is 1. The zero-order valence-electron chi connectivity index (χ0n) is 15.8. The van der Waals surface area contributed by atoms with Gasteiger partial charge in [-0.25, -0.2) is 4.98 Å². The number of hydrogen-bond acceptors (Lipinski definition) is 5. The fraction of sp³-hybridized carbons (Fsp3) is 0.368. The van der Waals surface area contributed by atoms with E-state index in [2.05, 4.69) is 46.8 Å². The molecule has 3 rings (SSSR count). The largest absolute Gasteiger partial charge is 0.309 e. The van der Waals surface area contributed by atoms with Gasteiger partial charge in [0.15, 0.2) is 5.13 Å². The van der Waals surface area contributed by atoms with E-state index >= 15 is 0 Å². The minimum absolute atomic E-state index is 0. The zero-order chi connectivity index (χ0) is 18.8. The van der Waals surface area contributed by atoms with Gasteiger partial charge in [0.05, 0.1) is 18.9 Å². The van der Waals surface area contributed by atoms with Crippen LogP contribution in [0, 0.1) is 13.8 Å². The lowest BCUT2D eigenvalue weighted by atomic mass is 10.1. The minimum atomic E-state index is 0. The third-order valence-corrected chi connectivity index (χ3v) is 6.98. The van der Waals surface area contributed by atoms with Crippen LogP contribution in [0.15, 0.2) is 28.1 Å². The maximum absolute atomic E-state index is 13.1. The molecule has 27 heavy (non-hydrogen) atoms. The van der Waals surface area contributed by atoms with Crippen molar-refractivity contribution in [2.24, 2.45) is 0 Å². The van der Waals surface area contributed by atoms with Gasteiger partial charge in [-0.2, -0.15) is 0 Å². The van der Waals surface area contributed by atoms with Crippen molar-refractivity contribution in [2.75, 3.05) is 32.1 Å². The number of carbonyl (C=O) groups excluding carboxylic acids is 1. The van der Waals surface area contributed by atoms with Gasteiger partial charge in [-0.15, -0.1) is 23.7 Å². The molecule has 1 amide bonds. The Labute approximate surface area is 182 Å². The maximum atomic E-state index is 13.1. The molecule has 0 N–H and O–H groups in total. The molecule has 0 saturated carbocycles. The highest BCUT2D eigenvalue weighted by Crippen LogP contribution is 2.33. The molecule has 8 heteroatoms. The summed E-state index contributed by atoms with van der Waals surface area (Å²) in [5.74, 6) is 0.0212. The smallest absolute Gasteiger partial charge is 0.270 e. The molecule has 0 aliphatic heterocycles. The van der Waals surface area contributed by atoms with Gasteiger partial charge in [0.2, 0.25) is 0 Å². The number of benzene rings is 1. The Bertz CT molecular complexity index is 938. The average Bonchev–Trinajstić information content (AvgIpc) is 3.21. The number of amides is 1. The van der Waals surface area contributed by atoms with Crippen molar-refractivity contribution in [1.82, 2.24) is 9.88 Å². The van der Waals surface area contributed by atoms with Crippen molar-refractivity contribution in [3.05, 3.63) is 44.1 Å². The number of anilines is 1. The summed E-state index contributed by atoms with van der Waals surface area (Å²) in [6.07, 6.45) is 0.902. The van der Waals surface area contributed by atoms with Gasteiger partial charge >= 0.3 is 0 Å². The number of thiophene rings is 1. The summed E-state index contributed by atoms with van der Waals surface area (Å²) in [4.78, 5) is 22.7. The van der Waals surface area contributed by atoms with Crippen LogP contribution in [0.5, 0.6) is 0 Å². The number of nitrogens with zero attached hydrogens (tertiary/aromatic N) is 3. The predicted molar refractivity (Wildman–Crippen MR) is 123 cm³/mol. The van der Waals surface area contributed by atoms with Crippen molar-refractivity contribution in [3.8, 4) is 0 Å². The molecule has 0 bridgehead atoms. The van der Waals surface area contributed by atoms with E-state index in [-0.39, 0.29) is 18.3 Å². The van der Waals surface area contributed by atoms with Crippen LogP contribution in [0.25, 0.3) is 10.2 Å². The molecule has 0 aliphatic rings. The Hall–Kier alpha value is -0.990. The average molecular weight is 489 g/mol. The summed E-state index contributed by atoms with van der Waals surface area (Å²) in [5, 5.41) is 0.780. The molecule has 146 valence electrons. The third-order valence-electron chi connectivity index (χ3n) is 4.32. The Balaban J connectivity index is 0.00000261. The van der Waals surface area contributed by atoms with Gasteiger partial charge in [-0.05, 0) is 86.2 Å². The van der Waals surface area contributed by atoms with Gasteiger partial charge in [0.25, 0.3) is 5.91 Å². The van der Waals surface area contributed by atoms with E-state index in [4.69, 9.17) is 4.98 Å². The first-order valence-electron chi connectivity index (χ1n) is 8.45. The van der Waals surface area contributed by atoms with Gasteiger partial charge in [0, 0.05) is 6.54 Å². The Morgan fingerprint density at radius 3 is 2.48 bits per heavy atom. The molecule has 3 aromatic rings. The zero-order valence-corrected chi connectivity index (χ0v) is 19.8. The lowest BCUT2D eigenvalue weighted by Gasteiger charge is -2.20. The summed E-state index contributed by atoms with van der Waals surface area (Å²) in [5.41, 5.74) is 3.41. The Kier molecular flexibility index (Phi) is 7.83. The minimum Gasteiger partial charge on any atom is -0.309 e. The van der Waals surface area contributed by atoms with Gasteiger partial charge in [0.1, 0.15) is 0 Å². The van der Waals surface area contributed by atoms with Crippen molar-refractivity contribution in [3.63, 3.8) is 0 Å². The monoisotopic (exact) mass is 487 g/mol. The van der Waals surface area contributed by atoms with E-state index in [9.17, 15) is 4.79 Å². The highest BCUT2D eigenvalue weighted by molar-refractivity contribution is 9.11. The third kappa shape index (κ3) is 5.09. The molecule has 0 saturated heterocycles. The number of carbonyl (C=O) groups is 1. The topological polar surface area (TPSA) is 36.4 Å². The lowest BCUT2D eigenvalue weighted by Crippen LogP contribution is -2.32. The van der Waals surface area contributed by atoms with Crippen LogP contribution >= 0.6 is 51.0 Å². The highest BCUT2D eigenvalue weighted by atomic mass is 79.9. The van der Waals surface area contributed by atoms with Crippen LogP contribution in [0.1, 0.15) is 27.2 Å². The van der Waals surface area contributed by atoms with Crippen LogP contribution in [-0.4, -0.2) is 43.0 Å².